The normalized spacial score (nSPS) is 22.6. The lowest BCUT2D eigenvalue weighted by Crippen LogP contribution is -2.35. The maximum absolute atomic E-state index is 12.5. The third-order valence-corrected chi connectivity index (χ3v) is 8.04. The number of aryl methyl sites for hydroxylation is 1. The minimum absolute atomic E-state index is 0.0704. The Balaban J connectivity index is 1.34. The molecule has 7 nitrogen and oxygen atoms in total. The van der Waals surface area contributed by atoms with Crippen molar-refractivity contribution in [2.45, 2.75) is 48.5 Å². The molecule has 0 bridgehead atoms. The smallest absolute Gasteiger partial charge is 0.227 e. The SMILES string of the molecule is COc1ccc(C2CCN(c3nc4c(c(NC5(CO)CC5)n3)[S@@](=O)CC4)CC2)cc1. The fourth-order valence-electron chi connectivity index (χ4n) is 4.42. The van der Waals surface area contributed by atoms with Crippen molar-refractivity contribution < 1.29 is 14.1 Å². The Bertz CT molecular complexity index is 954. The van der Waals surface area contributed by atoms with Crippen LogP contribution in [-0.2, 0) is 17.2 Å². The summed E-state index contributed by atoms with van der Waals surface area (Å²) in [6.45, 7) is 1.85. The Hall–Kier alpha value is -2.19. The van der Waals surface area contributed by atoms with Crippen LogP contribution in [0, 0.1) is 0 Å². The number of nitrogens with zero attached hydrogens (tertiary/aromatic N) is 3. The van der Waals surface area contributed by atoms with E-state index in [1.54, 1.807) is 7.11 Å². The minimum atomic E-state index is -1.06. The quantitative estimate of drug-likeness (QED) is 0.731. The lowest BCUT2D eigenvalue weighted by Gasteiger charge is -2.33. The zero-order valence-electron chi connectivity index (χ0n) is 17.3. The van der Waals surface area contributed by atoms with Crippen molar-refractivity contribution in [2.75, 3.05) is 42.8 Å². The molecule has 2 aliphatic heterocycles. The lowest BCUT2D eigenvalue weighted by atomic mass is 9.89. The fraction of sp³-hybridized carbons (Fsp3) is 0.545. The number of hydrogen-bond acceptors (Lipinski definition) is 7. The Morgan fingerprint density at radius 3 is 2.60 bits per heavy atom. The van der Waals surface area contributed by atoms with Gasteiger partial charge in [-0.25, -0.2) is 4.98 Å². The maximum atomic E-state index is 12.5. The molecule has 30 heavy (non-hydrogen) atoms. The van der Waals surface area contributed by atoms with Crippen LogP contribution in [0.5, 0.6) is 5.75 Å². The van der Waals surface area contributed by atoms with Gasteiger partial charge in [0.15, 0.2) is 0 Å². The number of hydrogen-bond donors (Lipinski definition) is 2. The zero-order chi connectivity index (χ0) is 20.7. The van der Waals surface area contributed by atoms with Crippen LogP contribution in [0.15, 0.2) is 29.2 Å². The predicted molar refractivity (Wildman–Crippen MR) is 117 cm³/mol. The molecule has 5 rings (SSSR count). The number of ether oxygens (including phenoxy) is 1. The van der Waals surface area contributed by atoms with Crippen LogP contribution in [0.2, 0.25) is 0 Å². The molecule has 1 atom stereocenters. The summed E-state index contributed by atoms with van der Waals surface area (Å²) in [6, 6.07) is 8.37. The van der Waals surface area contributed by atoms with Gasteiger partial charge in [-0.3, -0.25) is 4.21 Å². The van der Waals surface area contributed by atoms with E-state index in [4.69, 9.17) is 14.7 Å². The molecule has 0 unspecified atom stereocenters. The molecule has 0 radical (unpaired) electrons. The van der Waals surface area contributed by atoms with Gasteiger partial charge in [-0.1, -0.05) is 12.1 Å². The molecular formula is C22H28N4O3S. The van der Waals surface area contributed by atoms with Crippen LogP contribution in [0.25, 0.3) is 0 Å². The summed E-state index contributed by atoms with van der Waals surface area (Å²) in [5, 5.41) is 13.1. The summed E-state index contributed by atoms with van der Waals surface area (Å²) in [7, 11) is 0.626. The molecule has 1 aromatic carbocycles. The van der Waals surface area contributed by atoms with Crippen molar-refractivity contribution in [3.05, 3.63) is 35.5 Å². The standard InChI is InChI=1S/C22H28N4O3S/c1-29-17-4-2-15(3-5-17)16-6-11-26(12-7-16)21-23-18-8-13-30(28)19(18)20(24-21)25-22(14-27)9-10-22/h2-5,16,27H,6-14H2,1H3,(H,23,24,25)/t30-/m0/s1. The number of methoxy groups -OCH3 is 1. The third-order valence-electron chi connectivity index (χ3n) is 6.58. The van der Waals surface area contributed by atoms with E-state index < -0.39 is 10.8 Å². The molecule has 1 aliphatic carbocycles. The highest BCUT2D eigenvalue weighted by Gasteiger charge is 2.44. The Morgan fingerprint density at radius 1 is 1.23 bits per heavy atom. The van der Waals surface area contributed by atoms with E-state index in [2.05, 4.69) is 22.3 Å². The average molecular weight is 429 g/mol. The second-order valence-electron chi connectivity index (χ2n) is 8.55. The summed E-state index contributed by atoms with van der Waals surface area (Å²) >= 11 is 0. The van der Waals surface area contributed by atoms with Crippen LogP contribution in [0.3, 0.4) is 0 Å². The van der Waals surface area contributed by atoms with Gasteiger partial charge in [0.2, 0.25) is 5.95 Å². The van der Waals surface area contributed by atoms with Gasteiger partial charge in [-0.15, -0.1) is 0 Å². The van der Waals surface area contributed by atoms with E-state index in [1.807, 2.05) is 12.1 Å². The molecular weight excluding hydrogens is 400 g/mol. The number of aliphatic hydroxyl groups excluding tert-OH is 1. The second kappa shape index (κ2) is 7.81. The van der Waals surface area contributed by atoms with E-state index in [-0.39, 0.29) is 12.1 Å². The van der Waals surface area contributed by atoms with Crippen LogP contribution in [-0.4, -0.2) is 57.4 Å². The summed E-state index contributed by atoms with van der Waals surface area (Å²) in [5.74, 6) is 3.40. The predicted octanol–water partition coefficient (Wildman–Crippen LogP) is 2.47. The maximum Gasteiger partial charge on any atom is 0.227 e. The monoisotopic (exact) mass is 428 g/mol. The molecule has 0 amide bonds. The molecule has 1 saturated carbocycles. The first-order valence-electron chi connectivity index (χ1n) is 10.7. The summed E-state index contributed by atoms with van der Waals surface area (Å²) < 4.78 is 17.8. The molecule has 2 N–H and O–H groups in total. The molecule has 160 valence electrons. The molecule has 3 heterocycles. The molecule has 2 fully saturated rings. The van der Waals surface area contributed by atoms with Gasteiger partial charge in [0, 0.05) is 25.3 Å². The number of nitrogens with one attached hydrogen (secondary N) is 1. The highest BCUT2D eigenvalue weighted by Crippen LogP contribution is 2.41. The summed E-state index contributed by atoms with van der Waals surface area (Å²) in [6.07, 6.45) is 4.64. The first kappa shape index (κ1) is 19.8. The van der Waals surface area contributed by atoms with Crippen molar-refractivity contribution in [3.63, 3.8) is 0 Å². The molecule has 2 aromatic rings. The fourth-order valence-corrected chi connectivity index (χ4v) is 5.73. The van der Waals surface area contributed by atoms with Gasteiger partial charge >= 0.3 is 0 Å². The van der Waals surface area contributed by atoms with Crippen molar-refractivity contribution in [1.29, 1.82) is 0 Å². The summed E-state index contributed by atoms with van der Waals surface area (Å²) in [5.41, 5.74) is 1.95. The van der Waals surface area contributed by atoms with Gasteiger partial charge in [-0.2, -0.15) is 4.98 Å². The van der Waals surface area contributed by atoms with Crippen molar-refractivity contribution in [3.8, 4) is 5.75 Å². The van der Waals surface area contributed by atoms with Crippen LogP contribution in [0.1, 0.15) is 42.9 Å². The highest BCUT2D eigenvalue weighted by molar-refractivity contribution is 7.85. The Labute approximate surface area is 179 Å². The summed E-state index contributed by atoms with van der Waals surface area (Å²) in [4.78, 5) is 12.6. The van der Waals surface area contributed by atoms with E-state index in [9.17, 15) is 9.32 Å². The number of aromatic nitrogens is 2. The topological polar surface area (TPSA) is 87.6 Å². The Kier molecular flexibility index (Phi) is 5.14. The molecule has 1 aromatic heterocycles. The molecule has 3 aliphatic rings. The van der Waals surface area contributed by atoms with Gasteiger partial charge in [0.05, 0.1) is 35.7 Å². The van der Waals surface area contributed by atoms with Crippen molar-refractivity contribution >= 4 is 22.6 Å². The van der Waals surface area contributed by atoms with Gasteiger partial charge in [0.1, 0.15) is 16.5 Å². The molecule has 1 saturated heterocycles. The van der Waals surface area contributed by atoms with E-state index >= 15 is 0 Å². The van der Waals surface area contributed by atoms with E-state index in [0.29, 0.717) is 17.5 Å². The number of anilines is 2. The molecule has 8 heteroatoms. The number of piperidine rings is 1. The van der Waals surface area contributed by atoms with Crippen LogP contribution >= 0.6 is 0 Å². The second-order valence-corrected chi connectivity index (χ2v) is 10.1. The van der Waals surface area contributed by atoms with E-state index in [1.165, 1.54) is 5.56 Å². The van der Waals surface area contributed by atoms with Gasteiger partial charge < -0.3 is 20.1 Å². The third kappa shape index (κ3) is 3.67. The van der Waals surface area contributed by atoms with E-state index in [0.717, 1.165) is 67.5 Å². The average Bonchev–Trinajstić information content (AvgIpc) is 3.47. The van der Waals surface area contributed by atoms with Crippen LogP contribution in [0.4, 0.5) is 11.8 Å². The first-order valence-corrected chi connectivity index (χ1v) is 12.0. The van der Waals surface area contributed by atoms with Gasteiger partial charge in [0.25, 0.3) is 0 Å². The van der Waals surface area contributed by atoms with Crippen molar-refractivity contribution in [2.24, 2.45) is 0 Å². The minimum Gasteiger partial charge on any atom is -0.497 e. The largest absolute Gasteiger partial charge is 0.497 e. The number of fused-ring (bicyclic) bond motifs is 1. The number of rotatable bonds is 6. The number of benzene rings is 1. The lowest BCUT2D eigenvalue weighted by molar-refractivity contribution is 0.265. The number of aliphatic hydroxyl groups is 1. The van der Waals surface area contributed by atoms with Crippen LogP contribution < -0.4 is 15.0 Å². The zero-order valence-corrected chi connectivity index (χ0v) is 18.1. The van der Waals surface area contributed by atoms with Gasteiger partial charge in [-0.05, 0) is 49.3 Å². The highest BCUT2D eigenvalue weighted by atomic mass is 32.2. The first-order chi connectivity index (χ1) is 14.6. The Morgan fingerprint density at radius 2 is 1.97 bits per heavy atom. The molecule has 0 spiro atoms. The van der Waals surface area contributed by atoms with Crippen molar-refractivity contribution in [1.82, 2.24) is 9.97 Å².